The van der Waals surface area contributed by atoms with Crippen LogP contribution >= 0.6 is 0 Å². The summed E-state index contributed by atoms with van der Waals surface area (Å²) in [6.45, 7) is 3.00. The molecule has 0 amide bonds. The molecule has 2 aliphatic rings. The molecule has 2 fully saturated rings. The maximum Gasteiger partial charge on any atom is 0.500 e. The molecule has 0 aromatic carbocycles. The van der Waals surface area contributed by atoms with E-state index in [-0.39, 0.29) is 6.10 Å². The maximum atomic E-state index is 5.64. The number of rotatable bonds is 12. The lowest BCUT2D eigenvalue weighted by molar-refractivity contribution is -0.0967. The first-order valence-corrected chi connectivity index (χ1v) is 8.73. The van der Waals surface area contributed by atoms with Gasteiger partial charge < -0.3 is 32.2 Å². The number of ether oxygens (including phenoxy) is 4. The van der Waals surface area contributed by atoms with Gasteiger partial charge in [-0.15, -0.1) is 0 Å². The molecule has 2 heterocycles. The van der Waals surface area contributed by atoms with Gasteiger partial charge in [0.2, 0.25) is 5.79 Å². The van der Waals surface area contributed by atoms with Crippen molar-refractivity contribution in [3.8, 4) is 0 Å². The van der Waals surface area contributed by atoms with Crippen LogP contribution in [0.25, 0.3) is 0 Å². The van der Waals surface area contributed by atoms with Crippen LogP contribution in [0.3, 0.4) is 0 Å². The van der Waals surface area contributed by atoms with Crippen molar-refractivity contribution >= 4 is 8.80 Å². The maximum absolute atomic E-state index is 5.64. The minimum atomic E-state index is -2.48. The second-order valence-corrected chi connectivity index (χ2v) is 8.01. The van der Waals surface area contributed by atoms with Gasteiger partial charge in [-0.2, -0.15) is 0 Å². The molecule has 0 aromatic rings. The van der Waals surface area contributed by atoms with E-state index in [1.807, 2.05) is 0 Å². The SMILES string of the molecule is CO[Si](CCCOCC1(OCC2CO2)CO1)(OC)OC. The average molecular weight is 308 g/mol. The van der Waals surface area contributed by atoms with Crippen LogP contribution in [0.15, 0.2) is 0 Å². The summed E-state index contributed by atoms with van der Waals surface area (Å²) in [7, 11) is 2.36. The standard InChI is InChI=1S/C12H24O7Si/c1-13-20(14-2,15-3)6-4-5-16-9-12(10-19-12)18-8-11-7-17-11/h11H,4-10H2,1-3H3. The summed E-state index contributed by atoms with van der Waals surface area (Å²) in [5.74, 6) is -0.537. The van der Waals surface area contributed by atoms with E-state index in [9.17, 15) is 0 Å². The van der Waals surface area contributed by atoms with Crippen LogP contribution in [-0.2, 0) is 32.2 Å². The Kier molecular flexibility index (Phi) is 5.93. The Morgan fingerprint density at radius 1 is 1.20 bits per heavy atom. The van der Waals surface area contributed by atoms with Gasteiger partial charge in [-0.3, -0.25) is 0 Å². The predicted octanol–water partition coefficient (Wildman–Crippen LogP) is 0.413. The second kappa shape index (κ2) is 7.28. The van der Waals surface area contributed by atoms with E-state index in [0.29, 0.717) is 26.4 Å². The van der Waals surface area contributed by atoms with Gasteiger partial charge in [-0.05, 0) is 6.42 Å². The molecule has 0 aliphatic carbocycles. The molecule has 2 atom stereocenters. The molecule has 20 heavy (non-hydrogen) atoms. The molecular weight excluding hydrogens is 284 g/mol. The highest BCUT2D eigenvalue weighted by molar-refractivity contribution is 6.60. The average Bonchev–Trinajstić information content (AvgIpc) is 3.37. The van der Waals surface area contributed by atoms with Crippen LogP contribution in [-0.4, -0.2) is 75.1 Å². The van der Waals surface area contributed by atoms with Crippen molar-refractivity contribution in [1.82, 2.24) is 0 Å². The molecule has 0 spiro atoms. The van der Waals surface area contributed by atoms with E-state index in [1.165, 1.54) is 0 Å². The Morgan fingerprint density at radius 2 is 1.85 bits per heavy atom. The Labute approximate surface area is 120 Å². The Balaban J connectivity index is 1.54. The van der Waals surface area contributed by atoms with Gasteiger partial charge in [-0.25, -0.2) is 0 Å². The highest BCUT2D eigenvalue weighted by Gasteiger charge is 2.48. The summed E-state index contributed by atoms with van der Waals surface area (Å²) < 4.78 is 37.7. The first-order valence-electron chi connectivity index (χ1n) is 6.80. The molecule has 0 aromatic heterocycles. The zero-order valence-corrected chi connectivity index (χ0v) is 13.4. The summed E-state index contributed by atoms with van der Waals surface area (Å²) in [5, 5.41) is 0. The smallest absolute Gasteiger partial charge is 0.377 e. The van der Waals surface area contributed by atoms with Gasteiger partial charge in [-0.1, -0.05) is 0 Å². The fraction of sp³-hybridized carbons (Fsp3) is 1.00. The minimum absolute atomic E-state index is 0.243. The number of epoxide rings is 2. The van der Waals surface area contributed by atoms with E-state index >= 15 is 0 Å². The fourth-order valence-corrected chi connectivity index (χ4v) is 3.56. The fourth-order valence-electron chi connectivity index (χ4n) is 1.87. The molecule has 8 heteroatoms. The van der Waals surface area contributed by atoms with Crippen LogP contribution < -0.4 is 0 Å². The molecule has 2 rings (SSSR count). The van der Waals surface area contributed by atoms with Crippen LogP contribution in [0.4, 0.5) is 0 Å². The quantitative estimate of drug-likeness (QED) is 0.294. The Bertz CT molecular complexity index is 281. The Hall–Kier alpha value is -0.0631. The van der Waals surface area contributed by atoms with Crippen molar-refractivity contribution in [1.29, 1.82) is 0 Å². The molecule has 2 aliphatic heterocycles. The molecule has 7 nitrogen and oxygen atoms in total. The summed E-state index contributed by atoms with van der Waals surface area (Å²) in [6.07, 6.45) is 1.05. The van der Waals surface area contributed by atoms with E-state index < -0.39 is 14.6 Å². The van der Waals surface area contributed by atoms with E-state index in [2.05, 4.69) is 0 Å². The monoisotopic (exact) mass is 308 g/mol. The highest BCUT2D eigenvalue weighted by atomic mass is 28.4. The number of hydrogen-bond acceptors (Lipinski definition) is 7. The first-order chi connectivity index (χ1) is 9.67. The van der Waals surface area contributed by atoms with Crippen LogP contribution in [0.5, 0.6) is 0 Å². The van der Waals surface area contributed by atoms with E-state index in [0.717, 1.165) is 19.1 Å². The van der Waals surface area contributed by atoms with Crippen molar-refractivity contribution in [2.75, 3.05) is 54.4 Å². The van der Waals surface area contributed by atoms with Crippen LogP contribution in [0.1, 0.15) is 6.42 Å². The van der Waals surface area contributed by atoms with Gasteiger partial charge in [0.1, 0.15) is 19.3 Å². The number of hydrogen-bond donors (Lipinski definition) is 0. The molecule has 2 saturated heterocycles. The van der Waals surface area contributed by atoms with Gasteiger partial charge in [0.15, 0.2) is 0 Å². The normalized spacial score (nSPS) is 28.6. The van der Waals surface area contributed by atoms with Gasteiger partial charge >= 0.3 is 8.80 Å². The summed E-state index contributed by atoms with van der Waals surface area (Å²) >= 11 is 0. The molecule has 0 saturated carbocycles. The molecule has 2 unspecified atom stereocenters. The lowest BCUT2D eigenvalue weighted by atomic mass is 10.4. The zero-order chi connectivity index (χ0) is 14.5. The van der Waals surface area contributed by atoms with Gasteiger partial charge in [0, 0.05) is 34.0 Å². The van der Waals surface area contributed by atoms with Crippen LogP contribution in [0, 0.1) is 0 Å². The molecule has 0 N–H and O–H groups in total. The summed E-state index contributed by atoms with van der Waals surface area (Å²) in [5.41, 5.74) is 0. The summed E-state index contributed by atoms with van der Waals surface area (Å²) in [6, 6.07) is 0.723. The van der Waals surface area contributed by atoms with Gasteiger partial charge in [0.25, 0.3) is 0 Å². The third-order valence-electron chi connectivity index (χ3n) is 3.43. The molecular formula is C12H24O7Si. The van der Waals surface area contributed by atoms with Crippen molar-refractivity contribution in [3.63, 3.8) is 0 Å². The lowest BCUT2D eigenvalue weighted by Gasteiger charge is -2.24. The predicted molar refractivity (Wildman–Crippen MR) is 71.4 cm³/mol. The molecule has 0 bridgehead atoms. The minimum Gasteiger partial charge on any atom is -0.377 e. The van der Waals surface area contributed by atoms with Gasteiger partial charge in [0.05, 0.1) is 13.2 Å². The largest absolute Gasteiger partial charge is 0.500 e. The lowest BCUT2D eigenvalue weighted by Crippen LogP contribution is -2.42. The van der Waals surface area contributed by atoms with Crippen LogP contribution in [0.2, 0.25) is 6.04 Å². The second-order valence-electron chi connectivity index (χ2n) is 4.92. The first kappa shape index (κ1) is 16.3. The van der Waals surface area contributed by atoms with E-state index in [4.69, 9.17) is 32.2 Å². The molecule has 118 valence electrons. The van der Waals surface area contributed by atoms with Crippen molar-refractivity contribution in [2.24, 2.45) is 0 Å². The van der Waals surface area contributed by atoms with E-state index in [1.54, 1.807) is 21.3 Å². The third-order valence-corrected chi connectivity index (χ3v) is 6.26. The van der Waals surface area contributed by atoms with Crippen molar-refractivity contribution in [2.45, 2.75) is 24.4 Å². The van der Waals surface area contributed by atoms with Crippen molar-refractivity contribution in [3.05, 3.63) is 0 Å². The summed E-state index contributed by atoms with van der Waals surface area (Å²) in [4.78, 5) is 0. The highest BCUT2D eigenvalue weighted by Crippen LogP contribution is 2.30. The Morgan fingerprint density at radius 3 is 2.35 bits per heavy atom. The van der Waals surface area contributed by atoms with Crippen molar-refractivity contribution < 1.29 is 32.2 Å². The zero-order valence-electron chi connectivity index (χ0n) is 12.4. The molecule has 0 radical (unpaired) electrons. The third kappa shape index (κ3) is 4.74. The topological polar surface area (TPSA) is 71.2 Å².